The maximum absolute atomic E-state index is 10.7. The van der Waals surface area contributed by atoms with E-state index < -0.39 is 5.97 Å². The zero-order valence-electron chi connectivity index (χ0n) is 17.0. The second-order valence-corrected chi connectivity index (χ2v) is 7.61. The van der Waals surface area contributed by atoms with Gasteiger partial charge in [-0.25, -0.2) is 9.78 Å². The third kappa shape index (κ3) is 4.01. The summed E-state index contributed by atoms with van der Waals surface area (Å²) in [4.78, 5) is 19.8. The topological polar surface area (TPSA) is 89.1 Å². The number of fused-ring (bicyclic) bond motifs is 3. The molecular weight excluding hydrogens is 374 g/mol. The zero-order chi connectivity index (χ0) is 21.3. The Morgan fingerprint density at radius 1 is 1.07 bits per heavy atom. The smallest absolute Gasteiger partial charge is 0.328 e. The molecular formula is C25H23N3O2. The number of hydrogen-bond acceptors (Lipinski definition) is 4. The molecule has 4 aromatic rings. The molecule has 0 unspecified atom stereocenters. The van der Waals surface area contributed by atoms with Crippen molar-refractivity contribution >= 4 is 39.7 Å². The number of carboxylic acid groups (broad SMARTS) is 1. The summed E-state index contributed by atoms with van der Waals surface area (Å²) in [6.07, 6.45) is 6.36. The van der Waals surface area contributed by atoms with Crippen LogP contribution in [-0.2, 0) is 17.6 Å². The van der Waals surface area contributed by atoms with Gasteiger partial charge in [0.25, 0.3) is 0 Å². The molecule has 2 aromatic heterocycles. The minimum Gasteiger partial charge on any atom is -0.478 e. The molecule has 3 N–H and O–H groups in total. The standard InChI is InChI=1S/C25H23N3O2/c1-15-3-9-20-21-13-18(14-27-24(21)25(26)28-22(20)11-15)5-8-19-7-4-17(12-16(19)2)6-10-23(29)30/h3-4,6-7,9-14H,5,8H2,1-2H3,(H2,26,28)(H,29,30)/b10-6+. The fraction of sp³-hybridized carbons (Fsp3) is 0.160. The monoisotopic (exact) mass is 397 g/mol. The number of hydrogen-bond donors (Lipinski definition) is 2. The molecule has 0 saturated carbocycles. The highest BCUT2D eigenvalue weighted by Gasteiger charge is 2.09. The van der Waals surface area contributed by atoms with Crippen LogP contribution in [0.15, 0.2) is 54.7 Å². The number of carbonyl (C=O) groups is 1. The lowest BCUT2D eigenvalue weighted by atomic mass is 9.98. The molecule has 2 aromatic carbocycles. The summed E-state index contributed by atoms with van der Waals surface area (Å²) in [5.74, 6) is -0.491. The third-order valence-corrected chi connectivity index (χ3v) is 5.34. The van der Waals surface area contributed by atoms with Gasteiger partial charge in [-0.3, -0.25) is 4.98 Å². The lowest BCUT2D eigenvalue weighted by molar-refractivity contribution is -0.131. The highest BCUT2D eigenvalue weighted by molar-refractivity contribution is 6.08. The molecule has 0 fully saturated rings. The van der Waals surface area contributed by atoms with E-state index in [0.29, 0.717) is 5.82 Å². The van der Waals surface area contributed by atoms with Gasteiger partial charge in [-0.1, -0.05) is 30.3 Å². The van der Waals surface area contributed by atoms with Gasteiger partial charge in [0.15, 0.2) is 5.82 Å². The second-order valence-electron chi connectivity index (χ2n) is 7.61. The number of aromatic nitrogens is 2. The minimum absolute atomic E-state index is 0.454. The number of nitrogens with zero attached hydrogens (tertiary/aromatic N) is 2. The van der Waals surface area contributed by atoms with Gasteiger partial charge in [0.2, 0.25) is 0 Å². The molecule has 0 bridgehead atoms. The Labute approximate surface area is 174 Å². The summed E-state index contributed by atoms with van der Waals surface area (Å²) >= 11 is 0. The molecule has 0 aliphatic heterocycles. The quantitative estimate of drug-likeness (QED) is 0.371. The van der Waals surface area contributed by atoms with Crippen molar-refractivity contribution in [3.8, 4) is 0 Å². The molecule has 0 radical (unpaired) electrons. The van der Waals surface area contributed by atoms with Gasteiger partial charge in [0.1, 0.15) is 5.52 Å². The maximum atomic E-state index is 10.7. The first-order valence-electron chi connectivity index (χ1n) is 9.86. The van der Waals surface area contributed by atoms with Crippen LogP contribution in [0.4, 0.5) is 5.82 Å². The Morgan fingerprint density at radius 3 is 2.67 bits per heavy atom. The number of nitrogens with two attached hydrogens (primary N) is 1. The first kappa shape index (κ1) is 19.6. The maximum Gasteiger partial charge on any atom is 0.328 e. The number of rotatable bonds is 5. The highest BCUT2D eigenvalue weighted by atomic mass is 16.4. The zero-order valence-corrected chi connectivity index (χ0v) is 17.0. The Kier molecular flexibility index (Phi) is 5.19. The Hall–Kier alpha value is -3.73. The molecule has 5 nitrogen and oxygen atoms in total. The first-order valence-corrected chi connectivity index (χ1v) is 9.86. The van der Waals surface area contributed by atoms with E-state index in [-0.39, 0.29) is 0 Å². The predicted molar refractivity (Wildman–Crippen MR) is 121 cm³/mol. The summed E-state index contributed by atoms with van der Waals surface area (Å²) < 4.78 is 0. The second kappa shape index (κ2) is 7.95. The van der Waals surface area contributed by atoms with Gasteiger partial charge in [-0.15, -0.1) is 0 Å². The Bertz CT molecular complexity index is 1310. The highest BCUT2D eigenvalue weighted by Crippen LogP contribution is 2.28. The van der Waals surface area contributed by atoms with Crippen molar-refractivity contribution in [2.24, 2.45) is 0 Å². The molecule has 30 heavy (non-hydrogen) atoms. The van der Waals surface area contributed by atoms with Crippen LogP contribution in [-0.4, -0.2) is 21.0 Å². The van der Waals surface area contributed by atoms with Crippen LogP contribution in [0.25, 0.3) is 27.9 Å². The number of carboxylic acids is 1. The average molecular weight is 397 g/mol. The third-order valence-electron chi connectivity index (χ3n) is 5.34. The van der Waals surface area contributed by atoms with Crippen molar-refractivity contribution in [3.63, 3.8) is 0 Å². The molecule has 0 amide bonds. The van der Waals surface area contributed by atoms with Gasteiger partial charge >= 0.3 is 5.97 Å². The molecule has 0 aliphatic carbocycles. The van der Waals surface area contributed by atoms with Crippen LogP contribution in [0.3, 0.4) is 0 Å². The minimum atomic E-state index is -0.945. The molecule has 0 saturated heterocycles. The number of aliphatic carboxylic acids is 1. The Morgan fingerprint density at radius 2 is 1.90 bits per heavy atom. The number of anilines is 1. The van der Waals surface area contributed by atoms with Crippen molar-refractivity contribution in [1.82, 2.24) is 9.97 Å². The molecule has 150 valence electrons. The molecule has 0 spiro atoms. The van der Waals surface area contributed by atoms with E-state index in [4.69, 9.17) is 10.8 Å². The fourth-order valence-electron chi connectivity index (χ4n) is 3.75. The van der Waals surface area contributed by atoms with E-state index in [1.165, 1.54) is 5.56 Å². The lowest BCUT2D eigenvalue weighted by Gasteiger charge is -2.10. The van der Waals surface area contributed by atoms with Gasteiger partial charge in [0.05, 0.1) is 5.52 Å². The molecule has 2 heterocycles. The normalized spacial score (nSPS) is 11.5. The van der Waals surface area contributed by atoms with Crippen molar-refractivity contribution in [2.75, 3.05) is 5.73 Å². The summed E-state index contributed by atoms with van der Waals surface area (Å²) in [5.41, 5.74) is 13.3. The van der Waals surface area contributed by atoms with Crippen LogP contribution < -0.4 is 5.73 Å². The molecule has 4 rings (SSSR count). The number of benzene rings is 2. The number of pyridine rings is 2. The van der Waals surface area contributed by atoms with E-state index >= 15 is 0 Å². The van der Waals surface area contributed by atoms with Crippen LogP contribution >= 0.6 is 0 Å². The summed E-state index contributed by atoms with van der Waals surface area (Å²) in [6, 6.07) is 14.4. The van der Waals surface area contributed by atoms with Gasteiger partial charge in [-0.2, -0.15) is 0 Å². The molecule has 5 heteroatoms. The summed E-state index contributed by atoms with van der Waals surface area (Å²) in [7, 11) is 0. The van der Waals surface area contributed by atoms with E-state index in [0.717, 1.165) is 63.0 Å². The van der Waals surface area contributed by atoms with Crippen LogP contribution in [0.1, 0.15) is 27.8 Å². The molecule has 0 atom stereocenters. The van der Waals surface area contributed by atoms with Crippen molar-refractivity contribution in [2.45, 2.75) is 26.7 Å². The SMILES string of the molecule is Cc1ccc2c(c1)nc(N)c1ncc(CCc3ccc(/C=C/C(=O)O)cc3C)cc12. The van der Waals surface area contributed by atoms with Crippen molar-refractivity contribution in [1.29, 1.82) is 0 Å². The van der Waals surface area contributed by atoms with E-state index in [1.807, 2.05) is 38.2 Å². The van der Waals surface area contributed by atoms with Crippen molar-refractivity contribution in [3.05, 3.63) is 82.6 Å². The van der Waals surface area contributed by atoms with Crippen LogP contribution in [0.2, 0.25) is 0 Å². The summed E-state index contributed by atoms with van der Waals surface area (Å²) in [5, 5.41) is 10.9. The average Bonchev–Trinajstić information content (AvgIpc) is 2.71. The van der Waals surface area contributed by atoms with Gasteiger partial charge in [0, 0.05) is 23.0 Å². The number of aryl methyl sites for hydroxylation is 4. The molecule has 0 aliphatic rings. The van der Waals surface area contributed by atoms with E-state index in [1.54, 1.807) is 6.08 Å². The van der Waals surface area contributed by atoms with Crippen LogP contribution in [0, 0.1) is 13.8 Å². The Balaban J connectivity index is 1.62. The summed E-state index contributed by atoms with van der Waals surface area (Å²) in [6.45, 7) is 4.09. The van der Waals surface area contributed by atoms with Gasteiger partial charge < -0.3 is 10.8 Å². The first-order chi connectivity index (χ1) is 14.4. The lowest BCUT2D eigenvalue weighted by Crippen LogP contribution is -1.99. The predicted octanol–water partition coefficient (Wildman–Crippen LogP) is 4.87. The van der Waals surface area contributed by atoms with Crippen molar-refractivity contribution < 1.29 is 9.90 Å². The largest absolute Gasteiger partial charge is 0.478 e. The van der Waals surface area contributed by atoms with Gasteiger partial charge in [-0.05, 0) is 72.7 Å². The van der Waals surface area contributed by atoms with Crippen LogP contribution in [0.5, 0.6) is 0 Å². The number of nitrogen functional groups attached to an aromatic ring is 1. The fourth-order valence-corrected chi connectivity index (χ4v) is 3.75. The van der Waals surface area contributed by atoms with E-state index in [9.17, 15) is 4.79 Å². The van der Waals surface area contributed by atoms with E-state index in [2.05, 4.69) is 34.2 Å².